The second-order valence-electron chi connectivity index (χ2n) is 7.68. The molecule has 27 heavy (non-hydrogen) atoms. The predicted octanol–water partition coefficient (Wildman–Crippen LogP) is 4.11. The topological polar surface area (TPSA) is 49.4 Å². The summed E-state index contributed by atoms with van der Waals surface area (Å²) in [6, 6.07) is 12.7. The highest BCUT2D eigenvalue weighted by Crippen LogP contribution is 2.36. The summed E-state index contributed by atoms with van der Waals surface area (Å²) in [5.41, 5.74) is 1.79. The number of rotatable bonds is 6. The highest BCUT2D eigenvalue weighted by atomic mass is 32.1. The largest absolute Gasteiger partial charge is 0.353 e. The third-order valence-electron chi connectivity index (χ3n) is 5.21. The number of carbonyl (C=O) groups excluding carboxylic acids is 2. The van der Waals surface area contributed by atoms with Gasteiger partial charge in [0.1, 0.15) is 0 Å². The first-order chi connectivity index (χ1) is 12.9. The van der Waals surface area contributed by atoms with E-state index < -0.39 is 5.41 Å². The molecule has 1 unspecified atom stereocenters. The van der Waals surface area contributed by atoms with Crippen molar-refractivity contribution in [1.82, 2.24) is 10.2 Å². The van der Waals surface area contributed by atoms with Crippen molar-refractivity contribution < 1.29 is 9.59 Å². The van der Waals surface area contributed by atoms with Gasteiger partial charge in [-0.25, -0.2) is 0 Å². The van der Waals surface area contributed by atoms with Crippen LogP contribution in [0.3, 0.4) is 0 Å². The van der Waals surface area contributed by atoms with Crippen molar-refractivity contribution in [2.24, 2.45) is 5.41 Å². The summed E-state index contributed by atoms with van der Waals surface area (Å²) in [7, 11) is 0. The first kappa shape index (κ1) is 19.6. The minimum atomic E-state index is -0.542. The molecule has 1 N–H and O–H groups in total. The average molecular weight is 385 g/mol. The van der Waals surface area contributed by atoms with Gasteiger partial charge < -0.3 is 10.2 Å². The van der Waals surface area contributed by atoms with E-state index in [0.29, 0.717) is 32.4 Å². The van der Waals surface area contributed by atoms with Crippen LogP contribution in [-0.2, 0) is 16.0 Å². The molecule has 3 rings (SSSR count). The van der Waals surface area contributed by atoms with E-state index in [9.17, 15) is 9.59 Å². The van der Waals surface area contributed by atoms with Crippen molar-refractivity contribution in [2.75, 3.05) is 13.1 Å². The van der Waals surface area contributed by atoms with Crippen molar-refractivity contribution in [2.45, 2.75) is 46.1 Å². The summed E-state index contributed by atoms with van der Waals surface area (Å²) in [5.74, 6) is 0.188. The molecule has 2 aromatic rings. The summed E-state index contributed by atoms with van der Waals surface area (Å²) in [5, 5.41) is 5.16. The lowest BCUT2D eigenvalue weighted by Gasteiger charge is -2.29. The number of amides is 2. The van der Waals surface area contributed by atoms with E-state index in [0.717, 1.165) is 5.56 Å². The van der Waals surface area contributed by atoms with Crippen LogP contribution in [0.4, 0.5) is 0 Å². The van der Waals surface area contributed by atoms with Gasteiger partial charge in [-0.05, 0) is 49.3 Å². The molecule has 2 amide bonds. The maximum atomic E-state index is 13.0. The standard InChI is InChI=1S/C22H28N2O2S/c1-4-20(25)24-12-11-22(15-24,21(26)23-16(2)3)14-17-7-9-18(10-8-17)19-6-5-13-27-19/h5-10,13,16H,4,11-12,14-15H2,1-3H3,(H,23,26). The van der Waals surface area contributed by atoms with Crippen LogP contribution in [-0.4, -0.2) is 35.8 Å². The van der Waals surface area contributed by atoms with E-state index in [2.05, 4.69) is 47.1 Å². The Bertz CT molecular complexity index is 783. The Kier molecular flexibility index (Phi) is 6.00. The minimum Gasteiger partial charge on any atom is -0.353 e. The van der Waals surface area contributed by atoms with E-state index in [4.69, 9.17) is 0 Å². The molecule has 0 radical (unpaired) electrons. The number of nitrogens with zero attached hydrogens (tertiary/aromatic N) is 1. The molecule has 4 nitrogen and oxygen atoms in total. The van der Waals surface area contributed by atoms with Crippen LogP contribution >= 0.6 is 11.3 Å². The highest BCUT2D eigenvalue weighted by molar-refractivity contribution is 7.13. The SMILES string of the molecule is CCC(=O)N1CCC(Cc2ccc(-c3cccs3)cc2)(C(=O)NC(C)C)C1. The van der Waals surface area contributed by atoms with Crippen molar-refractivity contribution in [3.63, 3.8) is 0 Å². The lowest BCUT2D eigenvalue weighted by Crippen LogP contribution is -2.47. The molecule has 1 saturated heterocycles. The second-order valence-corrected chi connectivity index (χ2v) is 8.63. The van der Waals surface area contributed by atoms with Crippen molar-refractivity contribution in [1.29, 1.82) is 0 Å². The van der Waals surface area contributed by atoms with Gasteiger partial charge in [-0.15, -0.1) is 11.3 Å². The Morgan fingerprint density at radius 2 is 1.96 bits per heavy atom. The molecule has 1 atom stereocenters. The van der Waals surface area contributed by atoms with Gasteiger partial charge in [0.2, 0.25) is 11.8 Å². The zero-order valence-corrected chi connectivity index (χ0v) is 17.1. The smallest absolute Gasteiger partial charge is 0.228 e. The van der Waals surface area contributed by atoms with E-state index in [1.54, 1.807) is 11.3 Å². The van der Waals surface area contributed by atoms with Gasteiger partial charge in [0, 0.05) is 30.4 Å². The van der Waals surface area contributed by atoms with Crippen LogP contribution in [0.2, 0.25) is 0 Å². The number of thiophene rings is 1. The molecule has 1 aromatic carbocycles. The highest BCUT2D eigenvalue weighted by Gasteiger charge is 2.45. The molecule has 0 spiro atoms. The molecule has 1 aliphatic heterocycles. The first-order valence-electron chi connectivity index (χ1n) is 9.65. The Morgan fingerprint density at radius 3 is 2.56 bits per heavy atom. The Labute approximate surface area is 165 Å². The second kappa shape index (κ2) is 8.26. The molecular formula is C22H28N2O2S. The summed E-state index contributed by atoms with van der Waals surface area (Å²) < 4.78 is 0. The fourth-order valence-corrected chi connectivity index (χ4v) is 4.49. The average Bonchev–Trinajstić information content (AvgIpc) is 3.32. The zero-order chi connectivity index (χ0) is 19.4. The first-order valence-corrected chi connectivity index (χ1v) is 10.5. The Morgan fingerprint density at radius 1 is 1.22 bits per heavy atom. The monoisotopic (exact) mass is 384 g/mol. The maximum Gasteiger partial charge on any atom is 0.228 e. The van der Waals surface area contributed by atoms with Crippen LogP contribution in [0.5, 0.6) is 0 Å². The number of nitrogens with one attached hydrogen (secondary N) is 1. The number of hydrogen-bond donors (Lipinski definition) is 1. The van der Waals surface area contributed by atoms with Gasteiger partial charge in [-0.2, -0.15) is 0 Å². The minimum absolute atomic E-state index is 0.0613. The molecule has 144 valence electrons. The molecule has 1 aliphatic rings. The third-order valence-corrected chi connectivity index (χ3v) is 6.13. The van der Waals surface area contributed by atoms with Gasteiger partial charge in [-0.3, -0.25) is 9.59 Å². The Balaban J connectivity index is 1.81. The fourth-order valence-electron chi connectivity index (χ4n) is 3.75. The molecule has 0 saturated carbocycles. The van der Waals surface area contributed by atoms with Crippen LogP contribution in [0.1, 0.15) is 39.2 Å². The predicted molar refractivity (Wildman–Crippen MR) is 111 cm³/mol. The van der Waals surface area contributed by atoms with E-state index in [1.807, 2.05) is 25.7 Å². The zero-order valence-electron chi connectivity index (χ0n) is 16.3. The van der Waals surface area contributed by atoms with Gasteiger partial charge in [0.25, 0.3) is 0 Å². The van der Waals surface area contributed by atoms with Crippen LogP contribution < -0.4 is 5.32 Å². The summed E-state index contributed by atoms with van der Waals surface area (Å²) >= 11 is 1.72. The lowest BCUT2D eigenvalue weighted by atomic mass is 9.79. The maximum absolute atomic E-state index is 13.0. The van der Waals surface area contributed by atoms with E-state index in [-0.39, 0.29) is 17.9 Å². The van der Waals surface area contributed by atoms with Crippen LogP contribution in [0, 0.1) is 5.41 Å². The van der Waals surface area contributed by atoms with Gasteiger partial charge in [0.15, 0.2) is 0 Å². The number of likely N-dealkylation sites (tertiary alicyclic amines) is 1. The third kappa shape index (κ3) is 4.41. The molecule has 0 bridgehead atoms. The van der Waals surface area contributed by atoms with Gasteiger partial charge in [-0.1, -0.05) is 37.3 Å². The fraction of sp³-hybridized carbons (Fsp3) is 0.455. The summed E-state index contributed by atoms with van der Waals surface area (Å²) in [4.78, 5) is 28.3. The molecule has 1 aromatic heterocycles. The quantitative estimate of drug-likeness (QED) is 0.815. The summed E-state index contributed by atoms with van der Waals surface area (Å²) in [6.07, 6.45) is 1.85. The number of hydrogen-bond acceptors (Lipinski definition) is 3. The number of benzene rings is 1. The van der Waals surface area contributed by atoms with Gasteiger partial charge in [0.05, 0.1) is 5.41 Å². The normalized spacial score (nSPS) is 19.5. The van der Waals surface area contributed by atoms with Crippen LogP contribution in [0.15, 0.2) is 41.8 Å². The Hall–Kier alpha value is -2.14. The number of carbonyl (C=O) groups is 2. The van der Waals surface area contributed by atoms with Crippen LogP contribution in [0.25, 0.3) is 10.4 Å². The van der Waals surface area contributed by atoms with Crippen molar-refractivity contribution in [3.05, 3.63) is 47.3 Å². The molecule has 0 aliphatic carbocycles. The van der Waals surface area contributed by atoms with Crippen molar-refractivity contribution in [3.8, 4) is 10.4 Å². The van der Waals surface area contributed by atoms with E-state index >= 15 is 0 Å². The lowest BCUT2D eigenvalue weighted by molar-refractivity contribution is -0.133. The molecule has 1 fully saturated rings. The van der Waals surface area contributed by atoms with E-state index in [1.165, 1.54) is 10.4 Å². The van der Waals surface area contributed by atoms with Crippen molar-refractivity contribution >= 4 is 23.2 Å². The molecule has 5 heteroatoms. The van der Waals surface area contributed by atoms with Gasteiger partial charge >= 0.3 is 0 Å². The molecular weight excluding hydrogens is 356 g/mol. The molecule has 2 heterocycles. The summed E-state index contributed by atoms with van der Waals surface area (Å²) in [6.45, 7) is 6.99.